The molecule has 0 aliphatic rings. The average Bonchev–Trinajstić information content (AvgIpc) is 2.70. The second-order valence-corrected chi connectivity index (χ2v) is 2.91. The summed E-state index contributed by atoms with van der Waals surface area (Å²) in [5.74, 6) is -1.14. The monoisotopic (exact) mass is 212 g/mol. The van der Waals surface area contributed by atoms with Gasteiger partial charge in [-0.3, -0.25) is 9.59 Å². The van der Waals surface area contributed by atoms with E-state index < -0.39 is 5.97 Å². The van der Waals surface area contributed by atoms with Crippen molar-refractivity contribution in [2.75, 3.05) is 13.1 Å². The smallest absolute Gasteiger partial charge is 0.305 e. The van der Waals surface area contributed by atoms with Crippen LogP contribution in [0.25, 0.3) is 0 Å². The summed E-state index contributed by atoms with van der Waals surface area (Å²) in [5.41, 5.74) is 0. The molecule has 15 heavy (non-hydrogen) atoms. The fraction of sp³-hybridized carbons (Fsp3) is 0.444. The van der Waals surface area contributed by atoms with Gasteiger partial charge in [-0.05, 0) is 6.92 Å². The van der Waals surface area contributed by atoms with Crippen molar-refractivity contribution in [3.8, 4) is 0 Å². The van der Waals surface area contributed by atoms with Gasteiger partial charge in [-0.2, -0.15) is 0 Å². The van der Waals surface area contributed by atoms with Gasteiger partial charge in [0, 0.05) is 19.2 Å². The van der Waals surface area contributed by atoms with E-state index in [4.69, 9.17) is 9.63 Å². The zero-order valence-corrected chi connectivity index (χ0v) is 8.34. The number of carbonyl (C=O) groups excluding carboxylic acids is 1. The molecule has 6 heteroatoms. The first-order chi connectivity index (χ1) is 7.15. The minimum atomic E-state index is -0.932. The van der Waals surface area contributed by atoms with Crippen LogP contribution in [-0.2, 0) is 4.79 Å². The van der Waals surface area contributed by atoms with Crippen molar-refractivity contribution in [1.29, 1.82) is 0 Å². The first-order valence-corrected chi connectivity index (χ1v) is 4.57. The molecule has 0 spiro atoms. The SMILES string of the molecule is CCN(CCC(=O)O)C(=O)c1ccno1. The lowest BCUT2D eigenvalue weighted by atomic mass is 10.3. The highest BCUT2D eigenvalue weighted by Gasteiger charge is 2.17. The molecule has 0 bridgehead atoms. The number of aliphatic carboxylic acids is 1. The number of amides is 1. The van der Waals surface area contributed by atoms with Gasteiger partial charge in [0.15, 0.2) is 0 Å². The molecule has 1 amide bonds. The summed E-state index contributed by atoms with van der Waals surface area (Å²) < 4.78 is 4.70. The fourth-order valence-corrected chi connectivity index (χ4v) is 1.12. The lowest BCUT2D eigenvalue weighted by molar-refractivity contribution is -0.137. The summed E-state index contributed by atoms with van der Waals surface area (Å²) in [7, 11) is 0. The van der Waals surface area contributed by atoms with Crippen LogP contribution >= 0.6 is 0 Å². The highest BCUT2D eigenvalue weighted by atomic mass is 16.5. The molecule has 0 aliphatic carbocycles. The average molecular weight is 212 g/mol. The molecule has 0 radical (unpaired) electrons. The van der Waals surface area contributed by atoms with Gasteiger partial charge in [0.2, 0.25) is 5.76 Å². The van der Waals surface area contributed by atoms with Crippen molar-refractivity contribution in [1.82, 2.24) is 10.1 Å². The summed E-state index contributed by atoms with van der Waals surface area (Å²) in [6, 6.07) is 1.45. The molecule has 1 heterocycles. The number of aromatic nitrogens is 1. The van der Waals surface area contributed by atoms with E-state index in [1.54, 1.807) is 6.92 Å². The van der Waals surface area contributed by atoms with E-state index in [1.165, 1.54) is 17.2 Å². The Morgan fingerprint density at radius 1 is 1.60 bits per heavy atom. The summed E-state index contributed by atoms with van der Waals surface area (Å²) in [5, 5.41) is 11.9. The largest absolute Gasteiger partial charge is 0.481 e. The number of nitrogens with zero attached hydrogens (tertiary/aromatic N) is 2. The number of carbonyl (C=O) groups is 2. The van der Waals surface area contributed by atoms with Gasteiger partial charge in [0.1, 0.15) is 0 Å². The van der Waals surface area contributed by atoms with Crippen molar-refractivity contribution in [2.24, 2.45) is 0 Å². The summed E-state index contributed by atoms with van der Waals surface area (Å²) in [6.45, 7) is 2.38. The van der Waals surface area contributed by atoms with Gasteiger partial charge in [-0.1, -0.05) is 5.16 Å². The third-order valence-electron chi connectivity index (χ3n) is 1.91. The van der Waals surface area contributed by atoms with Crippen molar-refractivity contribution in [3.63, 3.8) is 0 Å². The van der Waals surface area contributed by atoms with Gasteiger partial charge in [-0.15, -0.1) is 0 Å². The van der Waals surface area contributed by atoms with Crippen molar-refractivity contribution in [2.45, 2.75) is 13.3 Å². The van der Waals surface area contributed by atoms with Crippen LogP contribution in [-0.4, -0.2) is 40.1 Å². The van der Waals surface area contributed by atoms with E-state index in [-0.39, 0.29) is 24.6 Å². The Hall–Kier alpha value is -1.85. The van der Waals surface area contributed by atoms with Crippen LogP contribution in [0.15, 0.2) is 16.8 Å². The molecule has 0 saturated carbocycles. The first-order valence-electron chi connectivity index (χ1n) is 4.57. The Morgan fingerprint density at radius 2 is 2.33 bits per heavy atom. The Balaban J connectivity index is 2.59. The van der Waals surface area contributed by atoms with E-state index in [1.807, 2.05) is 0 Å². The van der Waals surface area contributed by atoms with Crippen LogP contribution in [0.4, 0.5) is 0 Å². The number of hydrogen-bond acceptors (Lipinski definition) is 4. The molecule has 6 nitrogen and oxygen atoms in total. The molecule has 0 unspecified atom stereocenters. The van der Waals surface area contributed by atoms with Gasteiger partial charge < -0.3 is 14.5 Å². The van der Waals surface area contributed by atoms with Crippen molar-refractivity contribution in [3.05, 3.63) is 18.0 Å². The maximum absolute atomic E-state index is 11.6. The molecule has 1 aromatic rings. The summed E-state index contributed by atoms with van der Waals surface area (Å²) >= 11 is 0. The topological polar surface area (TPSA) is 83.6 Å². The maximum atomic E-state index is 11.6. The van der Waals surface area contributed by atoms with Crippen LogP contribution in [0.2, 0.25) is 0 Å². The van der Waals surface area contributed by atoms with Crippen LogP contribution < -0.4 is 0 Å². The van der Waals surface area contributed by atoms with E-state index in [0.717, 1.165) is 0 Å². The highest BCUT2D eigenvalue weighted by Crippen LogP contribution is 2.04. The molecule has 1 N–H and O–H groups in total. The second kappa shape index (κ2) is 5.14. The third-order valence-corrected chi connectivity index (χ3v) is 1.91. The number of rotatable bonds is 5. The number of hydrogen-bond donors (Lipinski definition) is 1. The number of carboxylic acid groups (broad SMARTS) is 1. The van der Waals surface area contributed by atoms with Gasteiger partial charge in [0.25, 0.3) is 5.91 Å². The molecular formula is C9H12N2O4. The van der Waals surface area contributed by atoms with Gasteiger partial charge in [-0.25, -0.2) is 0 Å². The Kier molecular flexibility index (Phi) is 3.84. The zero-order chi connectivity index (χ0) is 11.3. The summed E-state index contributed by atoms with van der Waals surface area (Å²) in [6.07, 6.45) is 1.30. The van der Waals surface area contributed by atoms with E-state index in [9.17, 15) is 9.59 Å². The minimum absolute atomic E-state index is 0.0757. The fourth-order valence-electron chi connectivity index (χ4n) is 1.12. The predicted molar refractivity (Wildman–Crippen MR) is 50.3 cm³/mol. The zero-order valence-electron chi connectivity index (χ0n) is 8.34. The first kappa shape index (κ1) is 11.2. The minimum Gasteiger partial charge on any atom is -0.481 e. The van der Waals surface area contributed by atoms with Crippen LogP contribution in [0.1, 0.15) is 23.9 Å². The maximum Gasteiger partial charge on any atom is 0.305 e. The van der Waals surface area contributed by atoms with Gasteiger partial charge in [0.05, 0.1) is 12.6 Å². The quantitative estimate of drug-likeness (QED) is 0.773. The molecule has 0 aliphatic heterocycles. The van der Waals surface area contributed by atoms with Crippen molar-refractivity contribution < 1.29 is 19.2 Å². The molecule has 0 aromatic carbocycles. The molecular weight excluding hydrogens is 200 g/mol. The van der Waals surface area contributed by atoms with Crippen LogP contribution in [0.3, 0.4) is 0 Å². The number of carboxylic acids is 1. The highest BCUT2D eigenvalue weighted by molar-refractivity contribution is 5.91. The molecule has 82 valence electrons. The molecule has 0 fully saturated rings. The van der Waals surface area contributed by atoms with Gasteiger partial charge >= 0.3 is 5.97 Å². The van der Waals surface area contributed by atoms with Crippen LogP contribution in [0.5, 0.6) is 0 Å². The lowest BCUT2D eigenvalue weighted by Gasteiger charge is -2.17. The Bertz CT molecular complexity index is 334. The molecule has 0 saturated heterocycles. The Morgan fingerprint density at radius 3 is 2.80 bits per heavy atom. The molecule has 1 aromatic heterocycles. The lowest BCUT2D eigenvalue weighted by Crippen LogP contribution is -2.32. The summed E-state index contributed by atoms with van der Waals surface area (Å²) in [4.78, 5) is 23.4. The molecule has 1 rings (SSSR count). The third kappa shape index (κ3) is 3.08. The predicted octanol–water partition coefficient (Wildman–Crippen LogP) is 0.611. The normalized spacial score (nSPS) is 9.93. The van der Waals surface area contributed by atoms with Crippen LogP contribution in [0, 0.1) is 0 Å². The van der Waals surface area contributed by atoms with E-state index in [2.05, 4.69) is 5.16 Å². The Labute approximate surface area is 86.5 Å². The second-order valence-electron chi connectivity index (χ2n) is 2.91. The van der Waals surface area contributed by atoms with Crippen molar-refractivity contribution >= 4 is 11.9 Å². The standard InChI is InChI=1S/C9H12N2O4/c1-2-11(6-4-8(12)13)9(14)7-3-5-10-15-7/h3,5H,2,4,6H2,1H3,(H,12,13). The molecule has 0 atom stereocenters. The van der Waals surface area contributed by atoms with E-state index in [0.29, 0.717) is 6.54 Å². The van der Waals surface area contributed by atoms with E-state index >= 15 is 0 Å².